The molecule has 1 saturated heterocycles. The normalized spacial score (nSPS) is 17.7. The summed E-state index contributed by atoms with van der Waals surface area (Å²) in [7, 11) is 0. The molecule has 2 aromatic heterocycles. The van der Waals surface area contributed by atoms with E-state index in [0.717, 1.165) is 11.1 Å². The molecule has 1 unspecified atom stereocenters. The smallest absolute Gasteiger partial charge is 0.257 e. The molecule has 31 heavy (non-hydrogen) atoms. The summed E-state index contributed by atoms with van der Waals surface area (Å²) < 4.78 is 10.8. The minimum atomic E-state index is -0.295. The third-order valence-corrected chi connectivity index (χ3v) is 7.20. The van der Waals surface area contributed by atoms with E-state index in [2.05, 4.69) is 16.9 Å². The Kier molecular flexibility index (Phi) is 5.07. The first-order valence-electron chi connectivity index (χ1n) is 10.2. The summed E-state index contributed by atoms with van der Waals surface area (Å²) in [6, 6.07) is 1.89. The number of nitrogens with zero attached hydrogens (tertiary/aromatic N) is 2. The molecule has 7 nitrogen and oxygen atoms in total. The van der Waals surface area contributed by atoms with E-state index in [4.69, 9.17) is 32.4 Å². The van der Waals surface area contributed by atoms with Gasteiger partial charge in [-0.15, -0.1) is 0 Å². The second-order valence-corrected chi connectivity index (χ2v) is 9.05. The maximum atomic E-state index is 13.5. The molecule has 2 aliphatic heterocycles. The van der Waals surface area contributed by atoms with Crippen LogP contribution in [0.3, 0.4) is 0 Å². The molecule has 1 N–H and O–H groups in total. The van der Waals surface area contributed by atoms with Crippen molar-refractivity contribution in [2.75, 3.05) is 19.8 Å². The number of fused-ring (bicyclic) bond motifs is 2. The number of hydrogen-bond acceptors (Lipinski definition) is 5. The zero-order valence-corrected chi connectivity index (χ0v) is 18.6. The van der Waals surface area contributed by atoms with Crippen molar-refractivity contribution in [1.82, 2.24) is 14.9 Å². The number of amides is 1. The van der Waals surface area contributed by atoms with Gasteiger partial charge in [-0.3, -0.25) is 9.59 Å². The van der Waals surface area contributed by atoms with Gasteiger partial charge in [0.05, 0.1) is 35.9 Å². The highest BCUT2D eigenvalue weighted by molar-refractivity contribution is 6.37. The summed E-state index contributed by atoms with van der Waals surface area (Å²) in [4.78, 5) is 34.7. The van der Waals surface area contributed by atoms with Crippen LogP contribution in [-0.4, -0.2) is 40.5 Å². The molecule has 162 valence electrons. The highest BCUT2D eigenvalue weighted by Gasteiger charge is 2.34. The lowest BCUT2D eigenvalue weighted by Crippen LogP contribution is -2.39. The fourth-order valence-corrected chi connectivity index (χ4v) is 5.13. The van der Waals surface area contributed by atoms with Crippen LogP contribution < -0.4 is 5.56 Å². The Hall–Kier alpha value is -2.35. The molecular weight excluding hydrogens is 441 g/mol. The van der Waals surface area contributed by atoms with E-state index in [1.165, 1.54) is 6.39 Å². The number of carbonyl (C=O) groups excluding carboxylic acids is 1. The Balaban J connectivity index is 1.53. The average molecular weight is 462 g/mol. The number of aromatic amines is 1. The molecule has 1 atom stereocenters. The molecule has 0 aliphatic carbocycles. The molecule has 0 radical (unpaired) electrons. The number of hydrogen-bond donors (Lipinski definition) is 1. The van der Waals surface area contributed by atoms with E-state index in [9.17, 15) is 9.59 Å². The van der Waals surface area contributed by atoms with Crippen LogP contribution in [0.5, 0.6) is 0 Å². The van der Waals surface area contributed by atoms with Crippen molar-refractivity contribution in [3.05, 3.63) is 60.8 Å². The van der Waals surface area contributed by atoms with E-state index in [-0.39, 0.29) is 23.9 Å². The van der Waals surface area contributed by atoms with Gasteiger partial charge in [-0.05, 0) is 36.5 Å². The molecule has 2 aliphatic rings. The van der Waals surface area contributed by atoms with Crippen LogP contribution in [0.15, 0.2) is 21.7 Å². The first kappa shape index (κ1) is 20.5. The molecule has 1 amide bonds. The first-order valence-corrected chi connectivity index (χ1v) is 10.9. The van der Waals surface area contributed by atoms with Crippen LogP contribution in [0.25, 0.3) is 11.1 Å². The van der Waals surface area contributed by atoms with Gasteiger partial charge in [0, 0.05) is 23.2 Å². The van der Waals surface area contributed by atoms with Gasteiger partial charge < -0.3 is 19.0 Å². The molecule has 5 rings (SSSR count). The molecule has 0 bridgehead atoms. The van der Waals surface area contributed by atoms with Gasteiger partial charge in [-0.2, -0.15) is 0 Å². The van der Waals surface area contributed by atoms with E-state index >= 15 is 0 Å². The minimum absolute atomic E-state index is 0.101. The van der Waals surface area contributed by atoms with Gasteiger partial charge in [0.25, 0.3) is 11.5 Å². The molecule has 1 aromatic carbocycles. The number of H-pyrrole nitrogens is 1. The standard InChI is InChI=1S/C22H21Cl2N3O4/c1-10(12-7-30-8-12)14-5-16(23)13-3-4-27(22(29)17(13)18(14)24)6-15-20-19(25-9-31-20)11(2)26-21(15)28/h5,9-10,12H,3-4,6-8H2,1-2H3,(H,26,28). The number of halogens is 2. The van der Waals surface area contributed by atoms with Gasteiger partial charge in [0.15, 0.2) is 12.0 Å². The topological polar surface area (TPSA) is 88.4 Å². The number of aryl methyl sites for hydroxylation is 1. The van der Waals surface area contributed by atoms with Gasteiger partial charge in [-0.25, -0.2) is 4.98 Å². The third-order valence-electron chi connectivity index (χ3n) is 6.46. The number of ether oxygens (including phenoxy) is 1. The van der Waals surface area contributed by atoms with Crippen LogP contribution in [0, 0.1) is 12.8 Å². The number of oxazole rings is 1. The maximum absolute atomic E-state index is 13.5. The summed E-state index contributed by atoms with van der Waals surface area (Å²) in [5.41, 5.74) is 3.73. The lowest BCUT2D eigenvalue weighted by Gasteiger charge is -2.34. The van der Waals surface area contributed by atoms with Crippen molar-refractivity contribution in [2.24, 2.45) is 5.92 Å². The first-order chi connectivity index (χ1) is 14.9. The van der Waals surface area contributed by atoms with E-state index < -0.39 is 0 Å². The summed E-state index contributed by atoms with van der Waals surface area (Å²) >= 11 is 13.3. The van der Waals surface area contributed by atoms with Gasteiger partial charge in [0.2, 0.25) is 0 Å². The van der Waals surface area contributed by atoms with Crippen LogP contribution >= 0.6 is 23.2 Å². The zero-order chi connectivity index (χ0) is 21.9. The number of pyridine rings is 1. The van der Waals surface area contributed by atoms with E-state index in [0.29, 0.717) is 70.1 Å². The SMILES string of the molecule is Cc1[nH]c(=O)c(CN2CCc3c(Cl)cc(C(C)C4COC4)c(Cl)c3C2=O)c2ocnc12. The molecule has 0 spiro atoms. The Morgan fingerprint density at radius 2 is 2.10 bits per heavy atom. The number of benzene rings is 1. The molecule has 4 heterocycles. The number of aromatic nitrogens is 2. The molecule has 1 fully saturated rings. The van der Waals surface area contributed by atoms with Gasteiger partial charge in [0.1, 0.15) is 5.52 Å². The average Bonchev–Trinajstić information content (AvgIpc) is 3.17. The predicted octanol–water partition coefficient (Wildman–Crippen LogP) is 4.08. The fourth-order valence-electron chi connectivity index (χ4n) is 4.41. The highest BCUT2D eigenvalue weighted by Crippen LogP contribution is 2.41. The molecular formula is C22H21Cl2N3O4. The third kappa shape index (κ3) is 3.26. The Morgan fingerprint density at radius 1 is 1.32 bits per heavy atom. The number of rotatable bonds is 4. The lowest BCUT2D eigenvalue weighted by molar-refractivity contribution is -0.0423. The summed E-state index contributed by atoms with van der Waals surface area (Å²) in [6.45, 7) is 5.72. The number of carbonyl (C=O) groups is 1. The molecule has 3 aromatic rings. The molecule has 9 heteroatoms. The van der Waals surface area contributed by atoms with Gasteiger partial charge in [-0.1, -0.05) is 30.1 Å². The fraction of sp³-hybridized carbons (Fsp3) is 0.409. The van der Waals surface area contributed by atoms with Crippen molar-refractivity contribution in [2.45, 2.75) is 32.7 Å². The second kappa shape index (κ2) is 7.65. The summed E-state index contributed by atoms with van der Waals surface area (Å²) in [6.07, 6.45) is 1.86. The predicted molar refractivity (Wildman–Crippen MR) is 117 cm³/mol. The summed E-state index contributed by atoms with van der Waals surface area (Å²) in [5, 5.41) is 0.997. The van der Waals surface area contributed by atoms with Crippen LogP contribution in [0.2, 0.25) is 10.0 Å². The van der Waals surface area contributed by atoms with Crippen molar-refractivity contribution >= 4 is 40.2 Å². The van der Waals surface area contributed by atoms with Gasteiger partial charge >= 0.3 is 0 Å². The monoisotopic (exact) mass is 461 g/mol. The summed E-state index contributed by atoms with van der Waals surface area (Å²) in [5.74, 6) is 0.243. The Labute approximate surface area is 188 Å². The lowest BCUT2D eigenvalue weighted by atomic mass is 9.84. The Morgan fingerprint density at radius 3 is 2.81 bits per heavy atom. The quantitative estimate of drug-likeness (QED) is 0.632. The highest BCUT2D eigenvalue weighted by atomic mass is 35.5. The van der Waals surface area contributed by atoms with Crippen LogP contribution in [-0.2, 0) is 17.7 Å². The van der Waals surface area contributed by atoms with Crippen molar-refractivity contribution in [3.8, 4) is 0 Å². The van der Waals surface area contributed by atoms with Crippen molar-refractivity contribution in [3.63, 3.8) is 0 Å². The largest absolute Gasteiger partial charge is 0.443 e. The van der Waals surface area contributed by atoms with Crippen molar-refractivity contribution in [1.29, 1.82) is 0 Å². The second-order valence-electron chi connectivity index (χ2n) is 8.27. The van der Waals surface area contributed by atoms with E-state index in [1.807, 2.05) is 6.07 Å². The van der Waals surface area contributed by atoms with Crippen molar-refractivity contribution < 1.29 is 13.9 Å². The Bertz CT molecular complexity index is 1260. The van der Waals surface area contributed by atoms with Crippen LogP contribution in [0.1, 0.15) is 45.6 Å². The van der Waals surface area contributed by atoms with Crippen LogP contribution in [0.4, 0.5) is 0 Å². The number of nitrogens with one attached hydrogen (secondary N) is 1. The maximum Gasteiger partial charge on any atom is 0.257 e. The zero-order valence-electron chi connectivity index (χ0n) is 17.1. The van der Waals surface area contributed by atoms with E-state index in [1.54, 1.807) is 11.8 Å². The molecule has 0 saturated carbocycles. The minimum Gasteiger partial charge on any atom is -0.443 e.